The molecule has 0 amide bonds. The number of Topliss-reactive ketones (excluding diaryl/α,β-unsaturated/α-hetero) is 1. The molecule has 0 bridgehead atoms. The van der Waals surface area contributed by atoms with Crippen LogP contribution >= 0.6 is 0 Å². The average Bonchev–Trinajstić information content (AvgIpc) is 2.86. The van der Waals surface area contributed by atoms with Crippen LogP contribution in [0.15, 0.2) is 11.6 Å². The summed E-state index contributed by atoms with van der Waals surface area (Å²) in [6, 6.07) is 0. The smallest absolute Gasteiger partial charge is 0.133 e. The fourth-order valence-corrected chi connectivity index (χ4v) is 7.30. The predicted molar refractivity (Wildman–Crippen MR) is 93.3 cm³/mol. The molecule has 3 heteroatoms. The molecule has 8 atom stereocenters. The van der Waals surface area contributed by atoms with Crippen LogP contribution in [0.3, 0.4) is 0 Å². The largest absolute Gasteiger partial charge is 0.393 e. The minimum atomic E-state index is -0.404. The van der Waals surface area contributed by atoms with Crippen molar-refractivity contribution in [2.24, 2.45) is 34.5 Å². The Hall–Kier alpha value is -0.670. The molecule has 24 heavy (non-hydrogen) atoms. The predicted octanol–water partition coefficient (Wildman–Crippen LogP) is 3.49. The molecule has 0 aromatic rings. The summed E-state index contributed by atoms with van der Waals surface area (Å²) in [5.74, 6) is 1.77. The molecule has 3 saturated carbocycles. The minimum absolute atomic E-state index is 0.0733. The van der Waals surface area contributed by atoms with Gasteiger partial charge in [-0.15, -0.1) is 0 Å². The molecule has 4 aliphatic carbocycles. The summed E-state index contributed by atoms with van der Waals surface area (Å²) in [6.45, 7) is 6.43. The van der Waals surface area contributed by atoms with Gasteiger partial charge in [-0.25, -0.2) is 0 Å². The molecule has 2 N–H and O–H groups in total. The second-order valence-electron chi connectivity index (χ2n) is 9.57. The van der Waals surface area contributed by atoms with Gasteiger partial charge >= 0.3 is 0 Å². The van der Waals surface area contributed by atoms with Gasteiger partial charge in [-0.3, -0.25) is 4.79 Å². The summed E-state index contributed by atoms with van der Waals surface area (Å²) < 4.78 is 0. The van der Waals surface area contributed by atoms with Gasteiger partial charge in [0.05, 0.1) is 12.2 Å². The molecule has 4 aliphatic rings. The number of aliphatic hydroxyl groups excluding tert-OH is 2. The van der Waals surface area contributed by atoms with E-state index in [0.717, 1.165) is 44.9 Å². The van der Waals surface area contributed by atoms with E-state index in [1.54, 1.807) is 6.92 Å². The second-order valence-corrected chi connectivity index (χ2v) is 9.57. The zero-order valence-corrected chi connectivity index (χ0v) is 15.3. The maximum absolute atomic E-state index is 12.2. The standard InChI is InChI=1S/C21H32O3/c1-12(22)15-4-5-16-19-17(7-9-21(15,16)3)20(2)8-6-14(23)10-13(20)11-18(19)24/h11,14-19,23-24H,4-10H2,1-3H3/t14-,15+,16-,17-,18?,19-,20-,21+/m0/s1. The van der Waals surface area contributed by atoms with Gasteiger partial charge in [0, 0.05) is 5.92 Å². The zero-order valence-electron chi connectivity index (χ0n) is 15.3. The van der Waals surface area contributed by atoms with Crippen LogP contribution in [0.5, 0.6) is 0 Å². The molecule has 3 fully saturated rings. The van der Waals surface area contributed by atoms with Gasteiger partial charge in [-0.2, -0.15) is 0 Å². The highest BCUT2D eigenvalue weighted by molar-refractivity contribution is 5.79. The van der Waals surface area contributed by atoms with E-state index in [-0.39, 0.29) is 28.8 Å². The van der Waals surface area contributed by atoms with E-state index in [0.29, 0.717) is 17.6 Å². The zero-order chi connectivity index (χ0) is 17.3. The third kappa shape index (κ3) is 2.13. The topological polar surface area (TPSA) is 57.5 Å². The Morgan fingerprint density at radius 3 is 2.54 bits per heavy atom. The van der Waals surface area contributed by atoms with Crippen LogP contribution in [0.4, 0.5) is 0 Å². The van der Waals surface area contributed by atoms with Gasteiger partial charge in [0.2, 0.25) is 0 Å². The van der Waals surface area contributed by atoms with Gasteiger partial charge in [0.1, 0.15) is 5.78 Å². The minimum Gasteiger partial charge on any atom is -0.393 e. The van der Waals surface area contributed by atoms with Crippen molar-refractivity contribution in [1.82, 2.24) is 0 Å². The van der Waals surface area contributed by atoms with Crippen LogP contribution in [-0.4, -0.2) is 28.2 Å². The summed E-state index contributed by atoms with van der Waals surface area (Å²) in [4.78, 5) is 12.2. The monoisotopic (exact) mass is 332 g/mol. The molecule has 0 aromatic heterocycles. The number of carbonyl (C=O) groups excluding carboxylic acids is 1. The lowest BCUT2D eigenvalue weighted by Gasteiger charge is -2.59. The maximum atomic E-state index is 12.2. The molecule has 0 radical (unpaired) electrons. The van der Waals surface area contributed by atoms with Crippen molar-refractivity contribution < 1.29 is 15.0 Å². The lowest BCUT2D eigenvalue weighted by molar-refractivity contribution is -0.130. The number of fused-ring (bicyclic) bond motifs is 5. The van der Waals surface area contributed by atoms with E-state index in [9.17, 15) is 15.0 Å². The molecule has 0 spiro atoms. The molecule has 0 saturated heterocycles. The highest BCUT2D eigenvalue weighted by Gasteiger charge is 2.61. The van der Waals surface area contributed by atoms with Gasteiger partial charge < -0.3 is 10.2 Å². The summed E-state index contributed by atoms with van der Waals surface area (Å²) in [6.07, 6.45) is 8.39. The first-order valence-corrected chi connectivity index (χ1v) is 9.85. The van der Waals surface area contributed by atoms with Gasteiger partial charge in [-0.1, -0.05) is 25.5 Å². The van der Waals surface area contributed by atoms with Gasteiger partial charge in [0.15, 0.2) is 0 Å². The Labute approximate surface area is 145 Å². The highest BCUT2D eigenvalue weighted by Crippen LogP contribution is 2.66. The SMILES string of the molecule is CC(=O)[C@H]1CC[C@H]2[C@@H]3C(O)C=C4C[C@@H](O)CC[C@]4(C)[C@H]3CC[C@]12C. The average molecular weight is 332 g/mol. The number of aliphatic hydroxyl groups is 2. The summed E-state index contributed by atoms with van der Waals surface area (Å²) in [7, 11) is 0. The first-order chi connectivity index (χ1) is 11.3. The molecule has 3 nitrogen and oxygen atoms in total. The van der Waals surface area contributed by atoms with E-state index in [1.165, 1.54) is 5.57 Å². The molecule has 0 aromatic carbocycles. The second kappa shape index (κ2) is 5.41. The van der Waals surface area contributed by atoms with E-state index in [1.807, 2.05) is 0 Å². The number of rotatable bonds is 1. The Balaban J connectivity index is 1.71. The van der Waals surface area contributed by atoms with Crippen LogP contribution in [0.1, 0.15) is 65.7 Å². The molecule has 134 valence electrons. The number of hydrogen-bond acceptors (Lipinski definition) is 3. The van der Waals surface area contributed by atoms with Crippen LogP contribution < -0.4 is 0 Å². The van der Waals surface area contributed by atoms with E-state index in [4.69, 9.17) is 0 Å². The summed E-state index contributed by atoms with van der Waals surface area (Å²) >= 11 is 0. The van der Waals surface area contributed by atoms with E-state index in [2.05, 4.69) is 19.9 Å². The first-order valence-electron chi connectivity index (χ1n) is 9.85. The van der Waals surface area contributed by atoms with Gasteiger partial charge in [-0.05, 0) is 80.5 Å². The lowest BCUT2D eigenvalue weighted by atomic mass is 9.46. The number of ketones is 1. The Morgan fingerprint density at radius 1 is 1.08 bits per heavy atom. The molecule has 1 unspecified atom stereocenters. The van der Waals surface area contributed by atoms with Crippen LogP contribution in [0.25, 0.3) is 0 Å². The van der Waals surface area contributed by atoms with Crippen molar-refractivity contribution in [3.63, 3.8) is 0 Å². The molecule has 0 heterocycles. The third-order valence-electron chi connectivity index (χ3n) is 8.59. The summed E-state index contributed by atoms with van der Waals surface area (Å²) in [5.41, 5.74) is 1.50. The number of carbonyl (C=O) groups is 1. The van der Waals surface area contributed by atoms with Gasteiger partial charge in [0.25, 0.3) is 0 Å². The van der Waals surface area contributed by atoms with Crippen molar-refractivity contribution in [2.45, 2.75) is 77.9 Å². The molecule has 0 aliphatic heterocycles. The van der Waals surface area contributed by atoms with Crippen molar-refractivity contribution in [1.29, 1.82) is 0 Å². The van der Waals surface area contributed by atoms with Crippen molar-refractivity contribution >= 4 is 5.78 Å². The Morgan fingerprint density at radius 2 is 1.83 bits per heavy atom. The Bertz CT molecular complexity index is 582. The third-order valence-corrected chi connectivity index (χ3v) is 8.59. The quantitative estimate of drug-likeness (QED) is 0.723. The fraction of sp³-hybridized carbons (Fsp3) is 0.857. The van der Waals surface area contributed by atoms with E-state index >= 15 is 0 Å². The summed E-state index contributed by atoms with van der Waals surface area (Å²) in [5, 5.41) is 21.1. The molecular formula is C21H32O3. The Kier molecular flexibility index (Phi) is 3.78. The number of hydrogen-bond donors (Lipinski definition) is 2. The van der Waals surface area contributed by atoms with Crippen LogP contribution in [-0.2, 0) is 4.79 Å². The normalized spacial score (nSPS) is 53.6. The molecule has 4 rings (SSSR count). The highest BCUT2D eigenvalue weighted by atomic mass is 16.3. The molecular weight excluding hydrogens is 300 g/mol. The first kappa shape index (κ1) is 16.8. The van der Waals surface area contributed by atoms with Crippen molar-refractivity contribution in [2.75, 3.05) is 0 Å². The van der Waals surface area contributed by atoms with E-state index < -0.39 is 6.10 Å². The van der Waals surface area contributed by atoms with Crippen molar-refractivity contribution in [3.05, 3.63) is 11.6 Å². The fourth-order valence-electron chi connectivity index (χ4n) is 7.30. The maximum Gasteiger partial charge on any atom is 0.133 e. The lowest BCUT2D eigenvalue weighted by Crippen LogP contribution is -2.55. The van der Waals surface area contributed by atoms with Crippen LogP contribution in [0, 0.1) is 34.5 Å². The van der Waals surface area contributed by atoms with Crippen LogP contribution in [0.2, 0.25) is 0 Å². The van der Waals surface area contributed by atoms with Crippen molar-refractivity contribution in [3.8, 4) is 0 Å².